The van der Waals surface area contributed by atoms with Crippen molar-refractivity contribution in [3.8, 4) is 0 Å². The van der Waals surface area contributed by atoms with Gasteiger partial charge in [0.15, 0.2) is 0 Å². The first-order valence-electron chi connectivity index (χ1n) is 8.80. The molecule has 2 fully saturated rings. The Labute approximate surface area is 144 Å². The van der Waals surface area contributed by atoms with Crippen LogP contribution in [0.1, 0.15) is 45.0 Å². The number of fused-ring (bicyclic) bond motifs is 1. The summed E-state index contributed by atoms with van der Waals surface area (Å²) in [5.41, 5.74) is 1.50. The van der Waals surface area contributed by atoms with Crippen molar-refractivity contribution < 1.29 is 9.53 Å². The molecule has 1 aromatic rings. The molecule has 3 heterocycles. The normalized spacial score (nSPS) is 24.0. The molecular formula is C18H28N4O2. The van der Waals surface area contributed by atoms with E-state index in [2.05, 4.69) is 14.9 Å². The zero-order valence-corrected chi connectivity index (χ0v) is 15.4. The number of carbonyl (C=O) groups is 1. The number of piperidine rings is 1. The largest absolute Gasteiger partial charge is 0.444 e. The Balaban J connectivity index is 1.75. The summed E-state index contributed by atoms with van der Waals surface area (Å²) in [5.74, 6) is 1.33. The molecule has 0 aromatic carbocycles. The number of amides is 1. The summed E-state index contributed by atoms with van der Waals surface area (Å²) in [6, 6.07) is 2.18. The number of hydrogen-bond donors (Lipinski definition) is 0. The SMILES string of the molecule is Cc1cc(C)nc(N2CC[C@H]3CCN(C(=O)OC(C)(C)C)[C@H]3C2)n1. The van der Waals surface area contributed by atoms with Gasteiger partial charge in [0.1, 0.15) is 5.60 Å². The number of aromatic nitrogens is 2. The Kier molecular flexibility index (Phi) is 4.40. The molecule has 0 unspecified atom stereocenters. The maximum atomic E-state index is 12.5. The van der Waals surface area contributed by atoms with Crippen molar-refractivity contribution in [2.45, 2.75) is 59.1 Å². The van der Waals surface area contributed by atoms with Crippen LogP contribution in [0.4, 0.5) is 10.7 Å². The van der Waals surface area contributed by atoms with Gasteiger partial charge in [-0.15, -0.1) is 0 Å². The standard InChI is InChI=1S/C18H28N4O2/c1-12-10-13(2)20-16(19-12)21-8-6-14-7-9-22(15(14)11-21)17(23)24-18(3,4)5/h10,14-15H,6-9,11H2,1-5H3/t14-,15-/m0/s1. The number of likely N-dealkylation sites (tertiary alicyclic amines) is 1. The maximum absolute atomic E-state index is 12.5. The van der Waals surface area contributed by atoms with Crippen molar-refractivity contribution in [3.05, 3.63) is 17.5 Å². The van der Waals surface area contributed by atoms with E-state index in [1.165, 1.54) is 0 Å². The first-order valence-corrected chi connectivity index (χ1v) is 8.80. The fourth-order valence-electron chi connectivity index (χ4n) is 3.72. The number of anilines is 1. The van der Waals surface area contributed by atoms with E-state index in [0.717, 1.165) is 49.8 Å². The number of aryl methyl sites for hydroxylation is 2. The molecule has 0 aliphatic carbocycles. The van der Waals surface area contributed by atoms with E-state index in [1.807, 2.05) is 45.6 Å². The third-order valence-electron chi connectivity index (χ3n) is 4.74. The fourth-order valence-corrected chi connectivity index (χ4v) is 3.72. The lowest BCUT2D eigenvalue weighted by atomic mass is 9.92. The van der Waals surface area contributed by atoms with E-state index in [4.69, 9.17) is 4.74 Å². The number of carbonyl (C=O) groups excluding carboxylic acids is 1. The molecule has 3 rings (SSSR count). The van der Waals surface area contributed by atoms with Gasteiger partial charge in [-0.1, -0.05) is 0 Å². The van der Waals surface area contributed by atoms with Crippen LogP contribution in [0.2, 0.25) is 0 Å². The van der Waals surface area contributed by atoms with Gasteiger partial charge in [-0.2, -0.15) is 0 Å². The second-order valence-electron chi connectivity index (χ2n) is 7.98. The summed E-state index contributed by atoms with van der Waals surface area (Å²) in [5, 5.41) is 0. The topological polar surface area (TPSA) is 58.6 Å². The predicted molar refractivity (Wildman–Crippen MR) is 93.2 cm³/mol. The van der Waals surface area contributed by atoms with Gasteiger partial charge >= 0.3 is 6.09 Å². The molecule has 0 radical (unpaired) electrons. The van der Waals surface area contributed by atoms with Gasteiger partial charge in [0.2, 0.25) is 5.95 Å². The summed E-state index contributed by atoms with van der Waals surface area (Å²) in [6.45, 7) is 12.2. The number of rotatable bonds is 1. The van der Waals surface area contributed by atoms with Crippen LogP contribution in [0.3, 0.4) is 0 Å². The fraction of sp³-hybridized carbons (Fsp3) is 0.722. The quantitative estimate of drug-likeness (QED) is 0.791. The minimum Gasteiger partial charge on any atom is -0.444 e. The van der Waals surface area contributed by atoms with E-state index in [-0.39, 0.29) is 12.1 Å². The van der Waals surface area contributed by atoms with Crippen LogP contribution in [0, 0.1) is 19.8 Å². The molecule has 2 atom stereocenters. The Morgan fingerprint density at radius 3 is 2.42 bits per heavy atom. The van der Waals surface area contributed by atoms with Crippen molar-refractivity contribution in [1.82, 2.24) is 14.9 Å². The lowest BCUT2D eigenvalue weighted by Crippen LogP contribution is -2.51. The van der Waals surface area contributed by atoms with Gasteiger partial charge in [0.25, 0.3) is 0 Å². The minimum absolute atomic E-state index is 0.193. The molecule has 0 spiro atoms. The Hall–Kier alpha value is -1.85. The molecule has 0 N–H and O–H groups in total. The Morgan fingerprint density at radius 1 is 1.17 bits per heavy atom. The molecular weight excluding hydrogens is 304 g/mol. The smallest absolute Gasteiger partial charge is 0.410 e. The molecule has 2 aliphatic heterocycles. The van der Waals surface area contributed by atoms with Gasteiger partial charge in [-0.25, -0.2) is 14.8 Å². The van der Waals surface area contributed by atoms with E-state index >= 15 is 0 Å². The average Bonchev–Trinajstić information content (AvgIpc) is 2.87. The van der Waals surface area contributed by atoms with Crippen molar-refractivity contribution in [2.75, 3.05) is 24.5 Å². The molecule has 24 heavy (non-hydrogen) atoms. The highest BCUT2D eigenvalue weighted by Gasteiger charge is 2.42. The average molecular weight is 332 g/mol. The van der Waals surface area contributed by atoms with Crippen LogP contribution >= 0.6 is 0 Å². The minimum atomic E-state index is -0.458. The van der Waals surface area contributed by atoms with Crippen LogP contribution in [0.15, 0.2) is 6.07 Å². The molecule has 2 aliphatic rings. The molecule has 1 aromatic heterocycles. The van der Waals surface area contributed by atoms with Gasteiger partial charge in [0, 0.05) is 31.0 Å². The second-order valence-corrected chi connectivity index (χ2v) is 7.98. The lowest BCUT2D eigenvalue weighted by molar-refractivity contribution is 0.0203. The second kappa shape index (κ2) is 6.22. The third kappa shape index (κ3) is 3.62. The molecule has 2 saturated heterocycles. The molecule has 6 heteroatoms. The van der Waals surface area contributed by atoms with Crippen LogP contribution in [-0.2, 0) is 4.74 Å². The summed E-state index contributed by atoms with van der Waals surface area (Å²) in [6.07, 6.45) is 1.93. The highest BCUT2D eigenvalue weighted by Crippen LogP contribution is 2.33. The summed E-state index contributed by atoms with van der Waals surface area (Å²) >= 11 is 0. The van der Waals surface area contributed by atoms with Crippen molar-refractivity contribution in [1.29, 1.82) is 0 Å². The zero-order valence-electron chi connectivity index (χ0n) is 15.4. The molecule has 0 bridgehead atoms. The third-order valence-corrected chi connectivity index (χ3v) is 4.74. The van der Waals surface area contributed by atoms with Crippen LogP contribution in [-0.4, -0.2) is 52.2 Å². The van der Waals surface area contributed by atoms with Crippen molar-refractivity contribution >= 4 is 12.0 Å². The molecule has 1 amide bonds. The van der Waals surface area contributed by atoms with Gasteiger partial charge in [-0.3, -0.25) is 0 Å². The predicted octanol–water partition coefficient (Wildman–Crippen LogP) is 2.93. The van der Waals surface area contributed by atoms with Crippen molar-refractivity contribution in [2.24, 2.45) is 5.92 Å². The summed E-state index contributed by atoms with van der Waals surface area (Å²) in [7, 11) is 0. The molecule has 0 saturated carbocycles. The summed E-state index contributed by atoms with van der Waals surface area (Å²) in [4.78, 5) is 25.8. The Morgan fingerprint density at radius 2 is 1.79 bits per heavy atom. The highest BCUT2D eigenvalue weighted by molar-refractivity contribution is 5.69. The monoisotopic (exact) mass is 332 g/mol. The zero-order chi connectivity index (χ0) is 17.5. The molecule has 132 valence electrons. The van der Waals surface area contributed by atoms with Crippen LogP contribution in [0.5, 0.6) is 0 Å². The summed E-state index contributed by atoms with van der Waals surface area (Å²) < 4.78 is 5.59. The highest BCUT2D eigenvalue weighted by atomic mass is 16.6. The lowest BCUT2D eigenvalue weighted by Gasteiger charge is -2.38. The molecule has 6 nitrogen and oxygen atoms in total. The van der Waals surface area contributed by atoms with Gasteiger partial charge in [-0.05, 0) is 59.4 Å². The number of ether oxygens (including phenoxy) is 1. The van der Waals surface area contributed by atoms with E-state index < -0.39 is 5.60 Å². The Bertz CT molecular complexity index is 606. The van der Waals surface area contributed by atoms with E-state index in [9.17, 15) is 4.79 Å². The first-order chi connectivity index (χ1) is 11.2. The number of hydrogen-bond acceptors (Lipinski definition) is 5. The first kappa shape index (κ1) is 17.0. The van der Waals surface area contributed by atoms with Gasteiger partial charge < -0.3 is 14.5 Å². The maximum Gasteiger partial charge on any atom is 0.410 e. The number of nitrogens with zero attached hydrogens (tertiary/aromatic N) is 4. The van der Waals surface area contributed by atoms with E-state index in [1.54, 1.807) is 0 Å². The van der Waals surface area contributed by atoms with Crippen LogP contribution in [0.25, 0.3) is 0 Å². The van der Waals surface area contributed by atoms with Crippen LogP contribution < -0.4 is 4.90 Å². The van der Waals surface area contributed by atoms with E-state index in [0.29, 0.717) is 5.92 Å². The van der Waals surface area contributed by atoms with Gasteiger partial charge in [0.05, 0.1) is 6.04 Å². The van der Waals surface area contributed by atoms with Crippen molar-refractivity contribution in [3.63, 3.8) is 0 Å².